The summed E-state index contributed by atoms with van der Waals surface area (Å²) in [5, 5.41) is 9.41. The van der Waals surface area contributed by atoms with Gasteiger partial charge in [0.25, 0.3) is 10.2 Å². The molecule has 5 nitrogen and oxygen atoms in total. The van der Waals surface area contributed by atoms with Gasteiger partial charge in [-0.15, -0.1) is 0 Å². The van der Waals surface area contributed by atoms with Crippen LogP contribution in [0.25, 0.3) is 0 Å². The number of nitrogens with one attached hydrogen (secondary N) is 1. The molecule has 2 fully saturated rings. The largest absolute Gasteiger partial charge is 0.280 e. The minimum absolute atomic E-state index is 0.578. The molecule has 0 aromatic rings. The lowest BCUT2D eigenvalue weighted by atomic mass is 9.77. The maximum absolute atomic E-state index is 12.3. The molecule has 0 aromatic heterocycles. The van der Waals surface area contributed by atoms with E-state index in [9.17, 15) is 13.7 Å². The summed E-state index contributed by atoms with van der Waals surface area (Å²) < 4.78 is 28.7. The molecule has 0 spiro atoms. The van der Waals surface area contributed by atoms with Crippen molar-refractivity contribution < 1.29 is 8.42 Å². The zero-order valence-electron chi connectivity index (χ0n) is 11.6. The molecule has 2 aliphatic rings. The van der Waals surface area contributed by atoms with Crippen LogP contribution in [0.5, 0.6) is 0 Å². The van der Waals surface area contributed by atoms with Gasteiger partial charge < -0.3 is 0 Å². The maximum atomic E-state index is 12.3. The van der Waals surface area contributed by atoms with E-state index in [4.69, 9.17) is 0 Å². The van der Waals surface area contributed by atoms with Gasteiger partial charge in [-0.3, -0.25) is 0 Å². The van der Waals surface area contributed by atoms with Gasteiger partial charge in [-0.2, -0.15) is 22.7 Å². The molecule has 1 N–H and O–H groups in total. The van der Waals surface area contributed by atoms with Crippen LogP contribution in [0.2, 0.25) is 0 Å². The summed E-state index contributed by atoms with van der Waals surface area (Å²) in [6.07, 6.45) is 6.08. The fourth-order valence-corrected chi connectivity index (χ4v) is 4.67. The molecule has 0 aromatic carbocycles. The fraction of sp³-hybridized carbons (Fsp3) is 0.923. The third-order valence-electron chi connectivity index (χ3n) is 4.48. The lowest BCUT2D eigenvalue weighted by molar-refractivity contribution is 0.255. The lowest BCUT2D eigenvalue weighted by Gasteiger charge is -2.35. The summed E-state index contributed by atoms with van der Waals surface area (Å²) in [6, 6.07) is 2.22. The second kappa shape index (κ2) is 5.78. The first-order valence-corrected chi connectivity index (χ1v) is 8.66. The summed E-state index contributed by atoms with van der Waals surface area (Å²) in [5.74, 6) is 0.637. The molecule has 1 aliphatic carbocycles. The predicted octanol–water partition coefficient (Wildman–Crippen LogP) is 1.78. The van der Waals surface area contributed by atoms with E-state index in [0.717, 1.165) is 32.1 Å². The third-order valence-corrected chi connectivity index (χ3v) is 6.17. The van der Waals surface area contributed by atoms with Gasteiger partial charge >= 0.3 is 0 Å². The monoisotopic (exact) mass is 285 g/mol. The minimum atomic E-state index is -3.49. The molecular formula is C13H23N3O2S. The van der Waals surface area contributed by atoms with Crippen LogP contribution in [0.3, 0.4) is 0 Å². The summed E-state index contributed by atoms with van der Waals surface area (Å²) in [6.45, 7) is 3.31. The number of hydrogen-bond donors (Lipinski definition) is 1. The second-order valence-electron chi connectivity index (χ2n) is 5.76. The van der Waals surface area contributed by atoms with Gasteiger partial charge in [0.1, 0.15) is 5.54 Å². The van der Waals surface area contributed by atoms with Crippen molar-refractivity contribution in [3.8, 4) is 6.07 Å². The Hall–Kier alpha value is -0.640. The van der Waals surface area contributed by atoms with E-state index in [0.29, 0.717) is 31.8 Å². The van der Waals surface area contributed by atoms with Gasteiger partial charge in [-0.1, -0.05) is 13.3 Å². The minimum Gasteiger partial charge on any atom is -0.196 e. The number of rotatable bonds is 4. The molecule has 108 valence electrons. The van der Waals surface area contributed by atoms with Crippen LogP contribution in [0.1, 0.15) is 51.9 Å². The third kappa shape index (κ3) is 3.28. The van der Waals surface area contributed by atoms with E-state index in [1.807, 2.05) is 0 Å². The first-order valence-electron chi connectivity index (χ1n) is 7.22. The predicted molar refractivity (Wildman–Crippen MR) is 73.5 cm³/mol. The van der Waals surface area contributed by atoms with E-state index >= 15 is 0 Å². The Kier molecular flexibility index (Phi) is 4.49. The highest BCUT2D eigenvalue weighted by Gasteiger charge is 2.40. The molecule has 1 saturated carbocycles. The Morgan fingerprint density at radius 3 is 2.37 bits per heavy atom. The van der Waals surface area contributed by atoms with Crippen molar-refractivity contribution in [1.82, 2.24) is 9.03 Å². The number of hydrogen-bond acceptors (Lipinski definition) is 3. The highest BCUT2D eigenvalue weighted by atomic mass is 32.2. The Labute approximate surface area is 116 Å². The van der Waals surface area contributed by atoms with Gasteiger partial charge in [-0.25, -0.2) is 0 Å². The molecule has 0 amide bonds. The first kappa shape index (κ1) is 14.8. The van der Waals surface area contributed by atoms with Crippen molar-refractivity contribution in [2.24, 2.45) is 5.92 Å². The zero-order chi connectivity index (χ0) is 13.9. The molecule has 0 bridgehead atoms. The topological polar surface area (TPSA) is 73.2 Å². The van der Waals surface area contributed by atoms with Gasteiger partial charge in [0.2, 0.25) is 0 Å². The maximum Gasteiger partial charge on any atom is 0.280 e. The van der Waals surface area contributed by atoms with Crippen LogP contribution in [0.4, 0.5) is 0 Å². The summed E-state index contributed by atoms with van der Waals surface area (Å²) in [5.41, 5.74) is -0.882. The molecule has 0 unspecified atom stereocenters. The van der Waals surface area contributed by atoms with Crippen molar-refractivity contribution in [3.63, 3.8) is 0 Å². The molecule has 0 atom stereocenters. The lowest BCUT2D eigenvalue weighted by Crippen LogP contribution is -2.53. The molecule has 1 heterocycles. The van der Waals surface area contributed by atoms with Crippen LogP contribution in [-0.2, 0) is 10.2 Å². The highest BCUT2D eigenvalue weighted by Crippen LogP contribution is 2.34. The number of nitrogens with zero attached hydrogens (tertiary/aromatic N) is 2. The number of nitriles is 1. The van der Waals surface area contributed by atoms with Crippen molar-refractivity contribution in [3.05, 3.63) is 0 Å². The van der Waals surface area contributed by atoms with Gasteiger partial charge in [0.05, 0.1) is 6.07 Å². The second-order valence-corrected chi connectivity index (χ2v) is 7.43. The SMILES string of the molecule is CCC1CCC(C#N)(NS(=O)(=O)N2CCCC2)CC1. The normalized spacial score (nSPS) is 33.2. The van der Waals surface area contributed by atoms with E-state index in [-0.39, 0.29) is 0 Å². The molecule has 0 radical (unpaired) electrons. The fourth-order valence-electron chi connectivity index (χ4n) is 3.06. The van der Waals surface area contributed by atoms with Crippen LogP contribution in [0, 0.1) is 17.2 Å². The Morgan fingerprint density at radius 2 is 1.89 bits per heavy atom. The molecule has 2 rings (SSSR count). The summed E-state index contributed by atoms with van der Waals surface area (Å²) >= 11 is 0. The van der Waals surface area contributed by atoms with Gasteiger partial charge in [0, 0.05) is 13.1 Å². The van der Waals surface area contributed by atoms with Crippen molar-refractivity contribution in [1.29, 1.82) is 5.26 Å². The van der Waals surface area contributed by atoms with Gasteiger partial charge in [0.15, 0.2) is 0 Å². The Balaban J connectivity index is 2.05. The summed E-state index contributed by atoms with van der Waals surface area (Å²) in [7, 11) is -3.49. The Morgan fingerprint density at radius 1 is 1.32 bits per heavy atom. The van der Waals surface area contributed by atoms with Crippen molar-refractivity contribution in [2.75, 3.05) is 13.1 Å². The van der Waals surface area contributed by atoms with Gasteiger partial charge in [-0.05, 0) is 44.4 Å². The van der Waals surface area contributed by atoms with Crippen molar-refractivity contribution >= 4 is 10.2 Å². The van der Waals surface area contributed by atoms with E-state index in [2.05, 4.69) is 17.7 Å². The van der Waals surface area contributed by atoms with Crippen LogP contribution in [-0.4, -0.2) is 31.4 Å². The summed E-state index contributed by atoms with van der Waals surface area (Å²) in [4.78, 5) is 0. The van der Waals surface area contributed by atoms with E-state index < -0.39 is 15.7 Å². The average Bonchev–Trinajstić information content (AvgIpc) is 2.94. The first-order chi connectivity index (χ1) is 9.01. The molecule has 1 saturated heterocycles. The van der Waals surface area contributed by atoms with Crippen LogP contribution < -0.4 is 4.72 Å². The molecule has 19 heavy (non-hydrogen) atoms. The highest BCUT2D eigenvalue weighted by molar-refractivity contribution is 7.87. The van der Waals surface area contributed by atoms with Crippen LogP contribution >= 0.6 is 0 Å². The van der Waals surface area contributed by atoms with Crippen molar-refractivity contribution in [2.45, 2.75) is 57.4 Å². The molecule has 1 aliphatic heterocycles. The zero-order valence-corrected chi connectivity index (χ0v) is 12.4. The standard InChI is InChI=1S/C13H23N3O2S/c1-2-12-5-7-13(11-14,8-6-12)15-19(17,18)16-9-3-4-10-16/h12,15H,2-10H2,1H3. The average molecular weight is 285 g/mol. The Bertz CT molecular complexity index is 441. The molecule has 6 heteroatoms. The van der Waals surface area contributed by atoms with E-state index in [1.165, 1.54) is 4.31 Å². The van der Waals surface area contributed by atoms with E-state index in [1.54, 1.807) is 0 Å². The quantitative estimate of drug-likeness (QED) is 0.855. The smallest absolute Gasteiger partial charge is 0.196 e. The van der Waals surface area contributed by atoms with Crippen LogP contribution in [0.15, 0.2) is 0 Å². The molecular weight excluding hydrogens is 262 g/mol.